The predicted octanol–water partition coefficient (Wildman–Crippen LogP) is 2.18. The molecule has 1 aromatic carbocycles. The second-order valence-electron chi connectivity index (χ2n) is 8.31. The van der Waals surface area contributed by atoms with Gasteiger partial charge >= 0.3 is 11.6 Å². The molecular weight excluding hydrogens is 439 g/mol. The lowest BCUT2D eigenvalue weighted by molar-refractivity contribution is -0.516. The van der Waals surface area contributed by atoms with Crippen molar-refractivity contribution in [1.29, 1.82) is 0 Å². The number of fused-ring (bicyclic) bond motifs is 1. The van der Waals surface area contributed by atoms with E-state index in [2.05, 4.69) is 25.3 Å². The van der Waals surface area contributed by atoms with Crippen molar-refractivity contribution >= 4 is 11.6 Å². The van der Waals surface area contributed by atoms with Crippen molar-refractivity contribution in [2.75, 3.05) is 12.3 Å². The van der Waals surface area contributed by atoms with Crippen LogP contribution in [-0.2, 0) is 13.2 Å². The molecule has 4 aromatic rings. The summed E-state index contributed by atoms with van der Waals surface area (Å²) >= 11 is 0. The Morgan fingerprint density at radius 1 is 1.24 bits per heavy atom. The zero-order valence-electron chi connectivity index (χ0n) is 18.6. The van der Waals surface area contributed by atoms with Gasteiger partial charge in [-0.1, -0.05) is 0 Å². The van der Waals surface area contributed by atoms with E-state index in [4.69, 9.17) is 5.73 Å². The molecule has 0 amide bonds. The second kappa shape index (κ2) is 8.75. The van der Waals surface area contributed by atoms with Gasteiger partial charge in [0.25, 0.3) is 0 Å². The van der Waals surface area contributed by atoms with Crippen molar-refractivity contribution in [2.24, 2.45) is 10.2 Å². The van der Waals surface area contributed by atoms with Crippen LogP contribution in [0.1, 0.15) is 24.2 Å². The molecule has 174 valence electrons. The minimum absolute atomic E-state index is 0.00324. The number of hydrogen-bond acceptors (Lipinski definition) is 7. The Bertz CT molecular complexity index is 1460. The van der Waals surface area contributed by atoms with Crippen LogP contribution in [0.3, 0.4) is 0 Å². The van der Waals surface area contributed by atoms with Crippen LogP contribution >= 0.6 is 0 Å². The summed E-state index contributed by atoms with van der Waals surface area (Å²) in [7, 11) is 0. The molecule has 3 aromatic heterocycles. The molecule has 0 radical (unpaired) electrons. The van der Waals surface area contributed by atoms with Crippen molar-refractivity contribution in [3.05, 3.63) is 64.1 Å². The first-order valence-corrected chi connectivity index (χ1v) is 11.0. The van der Waals surface area contributed by atoms with E-state index in [0.717, 1.165) is 12.8 Å². The minimum Gasteiger partial charge on any atom is -0.390 e. The Kier molecular flexibility index (Phi) is 5.62. The van der Waals surface area contributed by atoms with Gasteiger partial charge in [-0.3, -0.25) is 4.98 Å². The predicted molar refractivity (Wildman–Crippen MR) is 122 cm³/mol. The van der Waals surface area contributed by atoms with Crippen LogP contribution in [0, 0.1) is 12.7 Å². The van der Waals surface area contributed by atoms with Gasteiger partial charge in [0, 0.05) is 11.3 Å². The smallest absolute Gasteiger partial charge is 0.390 e. The topological polar surface area (TPSA) is 139 Å². The summed E-state index contributed by atoms with van der Waals surface area (Å²) in [5, 5.41) is 21.3. The van der Waals surface area contributed by atoms with Gasteiger partial charge in [-0.05, 0) is 61.7 Å². The summed E-state index contributed by atoms with van der Waals surface area (Å²) in [4.78, 5) is 22.2. The highest BCUT2D eigenvalue weighted by Gasteiger charge is 2.27. The molecule has 1 atom stereocenters. The lowest BCUT2D eigenvalue weighted by Gasteiger charge is -2.12. The average Bonchev–Trinajstić information content (AvgIpc) is 3.15. The number of anilines is 1. The fourth-order valence-corrected chi connectivity index (χ4v) is 4.30. The molecule has 1 aliphatic rings. The second-order valence-corrected chi connectivity index (χ2v) is 8.31. The highest BCUT2D eigenvalue weighted by Crippen LogP contribution is 2.33. The molecule has 1 unspecified atom stereocenters. The number of aliphatic hydroxyl groups is 1. The Morgan fingerprint density at radius 2 is 2.03 bits per heavy atom. The fraction of sp³-hybridized carbons (Fsp3) is 0.304. The van der Waals surface area contributed by atoms with Crippen molar-refractivity contribution in [1.82, 2.24) is 19.7 Å². The summed E-state index contributed by atoms with van der Waals surface area (Å²) in [5.74, 6) is -0.381. The quantitative estimate of drug-likeness (QED) is 0.389. The molecule has 11 heteroatoms. The third kappa shape index (κ3) is 3.94. The van der Waals surface area contributed by atoms with Gasteiger partial charge in [-0.25, -0.2) is 14.3 Å². The van der Waals surface area contributed by atoms with E-state index in [0.29, 0.717) is 52.5 Å². The van der Waals surface area contributed by atoms with E-state index >= 15 is 0 Å². The van der Waals surface area contributed by atoms with Crippen LogP contribution < -0.4 is 15.8 Å². The maximum Gasteiger partial charge on any atom is 0.428 e. The Labute approximate surface area is 193 Å². The highest BCUT2D eigenvalue weighted by molar-refractivity contribution is 5.88. The Morgan fingerprint density at radius 3 is 2.74 bits per heavy atom. The number of aromatic nitrogens is 5. The van der Waals surface area contributed by atoms with E-state index in [9.17, 15) is 14.3 Å². The lowest BCUT2D eigenvalue weighted by atomic mass is 9.99. The summed E-state index contributed by atoms with van der Waals surface area (Å²) in [6, 6.07) is 9.35. The van der Waals surface area contributed by atoms with Crippen molar-refractivity contribution < 1.29 is 13.9 Å². The molecule has 0 aliphatic carbocycles. The van der Waals surface area contributed by atoms with E-state index in [1.165, 1.54) is 21.2 Å². The Hall–Kier alpha value is -3.99. The number of halogens is 1. The molecule has 10 nitrogen and oxygen atoms in total. The summed E-state index contributed by atoms with van der Waals surface area (Å²) < 4.78 is 16.4. The van der Waals surface area contributed by atoms with Crippen LogP contribution in [0.5, 0.6) is 0 Å². The first kappa shape index (κ1) is 21.8. The van der Waals surface area contributed by atoms with Gasteiger partial charge in [-0.15, -0.1) is 9.38 Å². The molecule has 0 bridgehead atoms. The number of nitrogens with zero attached hydrogens (tertiary/aromatic N) is 6. The van der Waals surface area contributed by atoms with Gasteiger partial charge in [0.1, 0.15) is 18.1 Å². The fourth-order valence-electron chi connectivity index (χ4n) is 4.30. The summed E-state index contributed by atoms with van der Waals surface area (Å²) in [6.45, 7) is 2.59. The highest BCUT2D eigenvalue weighted by atomic mass is 19.1. The average molecular weight is 463 g/mol. The maximum absolute atomic E-state index is 13.6. The largest absolute Gasteiger partial charge is 0.428 e. The van der Waals surface area contributed by atoms with Crippen LogP contribution in [0.2, 0.25) is 0 Å². The zero-order valence-corrected chi connectivity index (χ0v) is 18.6. The molecule has 4 heterocycles. The molecule has 0 saturated carbocycles. The van der Waals surface area contributed by atoms with Crippen LogP contribution in [0.25, 0.3) is 28.0 Å². The zero-order chi connectivity index (χ0) is 23.8. The number of H-pyrrole nitrogens is 1. The number of nitrogen functional groups attached to an aromatic ring is 1. The molecule has 5 rings (SSSR count). The maximum atomic E-state index is 13.6. The van der Waals surface area contributed by atoms with E-state index in [-0.39, 0.29) is 30.1 Å². The van der Waals surface area contributed by atoms with Crippen LogP contribution in [0.15, 0.2) is 51.4 Å². The number of rotatable bonds is 5. The SMILES string of the molecule is Cc1cc(-c2c(-c3ccc(F)cc3)nc(N)[n+]3c(=O)n(CC4CCCN=N4)[nH]c23)cc(CO)n1. The number of aliphatic hydroxyl groups excluding tert-OH is 1. The summed E-state index contributed by atoms with van der Waals surface area (Å²) in [6.07, 6.45) is 1.75. The number of pyridine rings is 1. The molecular formula is C23H24FN8O2+. The molecule has 0 fully saturated rings. The Balaban J connectivity index is 1.79. The standard InChI is InChI=1S/C23H23FN8O2/c1-13-9-15(10-18(12-33)27-13)19-20(14-4-6-16(24)7-5-14)28-22(25)32-21(19)30-31(23(32)34)11-17-3-2-8-26-29-17/h4-7,9-10,17,33H,2-3,8,11-12H2,1H3,(H2,25,27,28,30)/p+1. The van der Waals surface area contributed by atoms with Crippen LogP contribution in [-0.4, -0.2) is 37.4 Å². The van der Waals surface area contributed by atoms with E-state index < -0.39 is 0 Å². The lowest BCUT2D eigenvalue weighted by Crippen LogP contribution is -2.45. The third-order valence-electron chi connectivity index (χ3n) is 5.82. The van der Waals surface area contributed by atoms with Gasteiger partial charge in [0.2, 0.25) is 5.65 Å². The number of nitrogens with one attached hydrogen (secondary N) is 1. The first-order chi connectivity index (χ1) is 16.4. The van der Waals surface area contributed by atoms with Crippen molar-refractivity contribution in [2.45, 2.75) is 39.0 Å². The number of nitrogens with two attached hydrogens (primary N) is 1. The molecule has 34 heavy (non-hydrogen) atoms. The van der Waals surface area contributed by atoms with Gasteiger partial charge in [0.15, 0.2) is 0 Å². The number of hydrogen-bond donors (Lipinski definition) is 3. The number of aryl methyl sites for hydroxylation is 1. The monoisotopic (exact) mass is 463 g/mol. The van der Waals surface area contributed by atoms with Gasteiger partial charge in [-0.2, -0.15) is 14.9 Å². The van der Waals surface area contributed by atoms with E-state index in [1.807, 2.05) is 13.0 Å². The third-order valence-corrected chi connectivity index (χ3v) is 5.82. The van der Waals surface area contributed by atoms with Crippen LogP contribution in [0.4, 0.5) is 10.3 Å². The summed E-state index contributed by atoms with van der Waals surface area (Å²) in [5.41, 5.74) is 9.84. The molecule has 0 spiro atoms. The number of azo groups is 1. The number of aromatic amines is 1. The minimum atomic E-state index is -0.378. The first-order valence-electron chi connectivity index (χ1n) is 11.0. The molecule has 4 N–H and O–H groups in total. The van der Waals surface area contributed by atoms with Gasteiger partial charge < -0.3 is 10.8 Å². The van der Waals surface area contributed by atoms with Crippen molar-refractivity contribution in [3.63, 3.8) is 0 Å². The van der Waals surface area contributed by atoms with Crippen molar-refractivity contribution in [3.8, 4) is 22.4 Å². The number of benzene rings is 1. The normalized spacial score (nSPS) is 15.8. The molecule has 0 saturated heterocycles. The van der Waals surface area contributed by atoms with E-state index in [1.54, 1.807) is 18.2 Å². The van der Waals surface area contributed by atoms with Gasteiger partial charge in [0.05, 0.1) is 30.5 Å². The molecule has 1 aliphatic heterocycles.